The minimum atomic E-state index is 0.791. The second-order valence-corrected chi connectivity index (χ2v) is 5.33. The van der Waals surface area contributed by atoms with Gasteiger partial charge in [-0.15, -0.1) is 0 Å². The second kappa shape index (κ2) is 6.49. The van der Waals surface area contributed by atoms with Crippen molar-refractivity contribution in [1.82, 2.24) is 9.80 Å². The molecule has 1 unspecified atom stereocenters. The standard InChI is InChI=1S/C13H28N2/c1-5-12(2)15-10-7-13(8-11-15)6-9-14(3)4/h12-13H,5-11H2,1-4H3. The fourth-order valence-electron chi connectivity index (χ4n) is 2.38. The molecule has 1 saturated heterocycles. The van der Waals surface area contributed by atoms with E-state index in [1.807, 2.05) is 0 Å². The van der Waals surface area contributed by atoms with Crippen LogP contribution in [0.4, 0.5) is 0 Å². The number of nitrogens with zero attached hydrogens (tertiary/aromatic N) is 2. The van der Waals surface area contributed by atoms with Gasteiger partial charge in [-0.05, 0) is 72.3 Å². The maximum Gasteiger partial charge on any atom is 0.00643 e. The molecule has 2 heteroatoms. The summed E-state index contributed by atoms with van der Waals surface area (Å²) in [6, 6.07) is 0.791. The molecule has 1 aliphatic rings. The van der Waals surface area contributed by atoms with Crippen molar-refractivity contribution in [2.75, 3.05) is 33.7 Å². The Labute approximate surface area is 95.6 Å². The van der Waals surface area contributed by atoms with Crippen molar-refractivity contribution in [1.29, 1.82) is 0 Å². The Morgan fingerprint density at radius 3 is 2.33 bits per heavy atom. The normalized spacial score (nSPS) is 22.2. The van der Waals surface area contributed by atoms with E-state index in [9.17, 15) is 0 Å². The molecule has 0 amide bonds. The van der Waals surface area contributed by atoms with Gasteiger partial charge in [0.05, 0.1) is 0 Å². The van der Waals surface area contributed by atoms with E-state index in [4.69, 9.17) is 0 Å². The summed E-state index contributed by atoms with van der Waals surface area (Å²) in [5.41, 5.74) is 0. The van der Waals surface area contributed by atoms with Crippen molar-refractivity contribution in [2.45, 2.75) is 45.6 Å². The Balaban J connectivity index is 2.18. The van der Waals surface area contributed by atoms with Gasteiger partial charge in [0.15, 0.2) is 0 Å². The van der Waals surface area contributed by atoms with Crippen LogP contribution in [0.25, 0.3) is 0 Å². The first-order valence-corrected chi connectivity index (χ1v) is 6.52. The lowest BCUT2D eigenvalue weighted by Crippen LogP contribution is -2.40. The summed E-state index contributed by atoms with van der Waals surface area (Å²) in [6.45, 7) is 8.57. The van der Waals surface area contributed by atoms with E-state index in [1.165, 1.54) is 45.3 Å². The molecule has 1 fully saturated rings. The maximum absolute atomic E-state index is 2.66. The molecule has 1 atom stereocenters. The van der Waals surface area contributed by atoms with Crippen LogP contribution < -0.4 is 0 Å². The highest BCUT2D eigenvalue weighted by atomic mass is 15.2. The number of rotatable bonds is 5. The van der Waals surface area contributed by atoms with Crippen LogP contribution in [-0.2, 0) is 0 Å². The molecular formula is C13H28N2. The van der Waals surface area contributed by atoms with E-state index in [1.54, 1.807) is 0 Å². The molecule has 1 rings (SSSR count). The predicted molar refractivity (Wildman–Crippen MR) is 67.2 cm³/mol. The number of piperidine rings is 1. The summed E-state index contributed by atoms with van der Waals surface area (Å²) in [6.07, 6.45) is 5.51. The monoisotopic (exact) mass is 212 g/mol. The summed E-state index contributed by atoms with van der Waals surface area (Å²) >= 11 is 0. The van der Waals surface area contributed by atoms with Crippen molar-refractivity contribution < 1.29 is 0 Å². The second-order valence-electron chi connectivity index (χ2n) is 5.33. The average Bonchev–Trinajstić information content (AvgIpc) is 2.26. The van der Waals surface area contributed by atoms with Crippen LogP contribution in [0, 0.1) is 5.92 Å². The third-order valence-corrected chi connectivity index (χ3v) is 3.85. The van der Waals surface area contributed by atoms with E-state index in [0.29, 0.717) is 0 Å². The van der Waals surface area contributed by atoms with E-state index >= 15 is 0 Å². The van der Waals surface area contributed by atoms with Crippen molar-refractivity contribution in [3.05, 3.63) is 0 Å². The smallest absolute Gasteiger partial charge is 0.00643 e. The van der Waals surface area contributed by atoms with E-state index in [2.05, 4.69) is 37.7 Å². The highest BCUT2D eigenvalue weighted by Crippen LogP contribution is 2.22. The number of likely N-dealkylation sites (tertiary alicyclic amines) is 1. The average molecular weight is 212 g/mol. The largest absolute Gasteiger partial charge is 0.309 e. The molecule has 0 spiro atoms. The van der Waals surface area contributed by atoms with Gasteiger partial charge in [0.25, 0.3) is 0 Å². The molecule has 0 bridgehead atoms. The van der Waals surface area contributed by atoms with Crippen LogP contribution in [0.15, 0.2) is 0 Å². The number of hydrogen-bond acceptors (Lipinski definition) is 2. The SMILES string of the molecule is CCC(C)N1CCC(CCN(C)C)CC1. The molecule has 0 N–H and O–H groups in total. The van der Waals surface area contributed by atoms with E-state index in [-0.39, 0.29) is 0 Å². The summed E-state index contributed by atoms with van der Waals surface area (Å²) in [5, 5.41) is 0. The first kappa shape index (κ1) is 13.0. The minimum Gasteiger partial charge on any atom is -0.309 e. The van der Waals surface area contributed by atoms with Gasteiger partial charge in [0, 0.05) is 6.04 Å². The van der Waals surface area contributed by atoms with Crippen LogP contribution in [0.2, 0.25) is 0 Å². The predicted octanol–water partition coefficient (Wildman–Crippen LogP) is 2.45. The fourth-order valence-corrected chi connectivity index (χ4v) is 2.38. The van der Waals surface area contributed by atoms with Gasteiger partial charge in [0.1, 0.15) is 0 Å². The van der Waals surface area contributed by atoms with Crippen LogP contribution >= 0.6 is 0 Å². The molecule has 90 valence electrons. The fraction of sp³-hybridized carbons (Fsp3) is 1.00. The van der Waals surface area contributed by atoms with Gasteiger partial charge >= 0.3 is 0 Å². The molecule has 0 aliphatic carbocycles. The first-order chi connectivity index (χ1) is 7.13. The lowest BCUT2D eigenvalue weighted by Gasteiger charge is -2.36. The van der Waals surface area contributed by atoms with Crippen LogP contribution in [0.5, 0.6) is 0 Å². The molecule has 1 heterocycles. The van der Waals surface area contributed by atoms with E-state index in [0.717, 1.165) is 12.0 Å². The Kier molecular flexibility index (Phi) is 5.62. The molecule has 1 aliphatic heterocycles. The molecule has 0 radical (unpaired) electrons. The van der Waals surface area contributed by atoms with Crippen molar-refractivity contribution in [3.63, 3.8) is 0 Å². The lowest BCUT2D eigenvalue weighted by atomic mass is 9.92. The zero-order chi connectivity index (χ0) is 11.3. The highest BCUT2D eigenvalue weighted by Gasteiger charge is 2.21. The van der Waals surface area contributed by atoms with Crippen LogP contribution in [0.3, 0.4) is 0 Å². The quantitative estimate of drug-likeness (QED) is 0.691. The molecule has 0 aromatic rings. The van der Waals surface area contributed by atoms with Gasteiger partial charge < -0.3 is 9.80 Å². The van der Waals surface area contributed by atoms with Gasteiger partial charge in [-0.2, -0.15) is 0 Å². The molecule has 0 saturated carbocycles. The topological polar surface area (TPSA) is 6.48 Å². The van der Waals surface area contributed by atoms with Gasteiger partial charge in [0.2, 0.25) is 0 Å². The molecule has 0 aromatic heterocycles. The Morgan fingerprint density at radius 1 is 1.27 bits per heavy atom. The summed E-state index contributed by atoms with van der Waals surface area (Å²) in [7, 11) is 4.35. The minimum absolute atomic E-state index is 0.791. The maximum atomic E-state index is 2.66. The zero-order valence-corrected chi connectivity index (χ0v) is 11.0. The Hall–Kier alpha value is -0.0800. The highest BCUT2D eigenvalue weighted by molar-refractivity contribution is 4.76. The molecular weight excluding hydrogens is 184 g/mol. The zero-order valence-electron chi connectivity index (χ0n) is 11.0. The molecule has 15 heavy (non-hydrogen) atoms. The van der Waals surface area contributed by atoms with E-state index < -0.39 is 0 Å². The number of hydrogen-bond donors (Lipinski definition) is 0. The first-order valence-electron chi connectivity index (χ1n) is 6.52. The summed E-state index contributed by atoms with van der Waals surface area (Å²) in [5.74, 6) is 0.979. The van der Waals surface area contributed by atoms with Gasteiger partial charge in [-0.1, -0.05) is 6.92 Å². The summed E-state index contributed by atoms with van der Waals surface area (Å²) < 4.78 is 0. The van der Waals surface area contributed by atoms with Crippen molar-refractivity contribution in [2.24, 2.45) is 5.92 Å². The summed E-state index contributed by atoms with van der Waals surface area (Å²) in [4.78, 5) is 4.97. The van der Waals surface area contributed by atoms with Crippen molar-refractivity contribution >= 4 is 0 Å². The molecule has 0 aromatic carbocycles. The Morgan fingerprint density at radius 2 is 1.87 bits per heavy atom. The molecule has 2 nitrogen and oxygen atoms in total. The van der Waals surface area contributed by atoms with Gasteiger partial charge in [-0.25, -0.2) is 0 Å². The van der Waals surface area contributed by atoms with Crippen molar-refractivity contribution in [3.8, 4) is 0 Å². The lowest BCUT2D eigenvalue weighted by molar-refractivity contribution is 0.131. The third-order valence-electron chi connectivity index (χ3n) is 3.85. The third kappa shape index (κ3) is 4.52. The van der Waals surface area contributed by atoms with Crippen LogP contribution in [-0.4, -0.2) is 49.6 Å². The van der Waals surface area contributed by atoms with Crippen LogP contribution in [0.1, 0.15) is 39.5 Å². The Bertz CT molecular complexity index is 160. The van der Waals surface area contributed by atoms with Gasteiger partial charge in [-0.3, -0.25) is 0 Å².